The summed E-state index contributed by atoms with van der Waals surface area (Å²) in [6.45, 7) is 1.88. The van der Waals surface area contributed by atoms with Crippen LogP contribution < -0.4 is 10.6 Å². The van der Waals surface area contributed by atoms with Gasteiger partial charge in [0, 0.05) is 6.04 Å². The average Bonchev–Trinajstić information content (AvgIpc) is 3.08. The van der Waals surface area contributed by atoms with Gasteiger partial charge in [0.25, 0.3) is 0 Å². The van der Waals surface area contributed by atoms with Crippen molar-refractivity contribution in [2.45, 2.75) is 50.8 Å². The van der Waals surface area contributed by atoms with Crippen molar-refractivity contribution in [3.8, 4) is 5.69 Å². The zero-order valence-corrected chi connectivity index (χ0v) is 13.7. The van der Waals surface area contributed by atoms with Gasteiger partial charge >= 0.3 is 6.03 Å². The monoisotopic (exact) mass is 329 g/mol. The van der Waals surface area contributed by atoms with Crippen LogP contribution in [0.2, 0.25) is 0 Å². The Bertz CT molecular complexity index is 665. The van der Waals surface area contributed by atoms with E-state index >= 15 is 0 Å². The first-order chi connectivity index (χ1) is 11.6. The van der Waals surface area contributed by atoms with Crippen molar-refractivity contribution in [1.82, 2.24) is 25.6 Å². The largest absolute Gasteiger partial charge is 0.393 e. The Balaban J connectivity index is 1.54. The summed E-state index contributed by atoms with van der Waals surface area (Å²) in [6.07, 6.45) is 4.70. The lowest BCUT2D eigenvalue weighted by Crippen LogP contribution is -2.44. The van der Waals surface area contributed by atoms with E-state index in [0.29, 0.717) is 5.69 Å². The second kappa shape index (κ2) is 7.44. The normalized spacial score (nSPS) is 21.9. The van der Waals surface area contributed by atoms with Crippen LogP contribution in [0.3, 0.4) is 0 Å². The fourth-order valence-electron chi connectivity index (χ4n) is 2.90. The lowest BCUT2D eigenvalue weighted by Gasteiger charge is -2.26. The number of carbonyl (C=O) groups excluding carboxylic acids is 1. The minimum atomic E-state index is -0.239. The molecule has 1 fully saturated rings. The van der Waals surface area contributed by atoms with Crippen LogP contribution >= 0.6 is 0 Å². The Labute approximate surface area is 141 Å². The van der Waals surface area contributed by atoms with Crippen molar-refractivity contribution in [1.29, 1.82) is 0 Å². The molecule has 0 spiro atoms. The van der Waals surface area contributed by atoms with Gasteiger partial charge in [-0.15, -0.1) is 5.10 Å². The molecular weight excluding hydrogens is 306 g/mol. The van der Waals surface area contributed by atoms with E-state index in [0.717, 1.165) is 31.4 Å². The van der Waals surface area contributed by atoms with Crippen LogP contribution in [0.1, 0.15) is 44.3 Å². The number of aromatic nitrogens is 3. The second-order valence-electron chi connectivity index (χ2n) is 6.27. The molecule has 1 heterocycles. The molecular formula is C17H23N5O2. The molecule has 1 aromatic carbocycles. The number of hydrogen-bond acceptors (Lipinski definition) is 4. The summed E-state index contributed by atoms with van der Waals surface area (Å²) in [4.78, 5) is 12.1. The number of rotatable bonds is 4. The Kier molecular flexibility index (Phi) is 5.10. The van der Waals surface area contributed by atoms with Gasteiger partial charge in [-0.1, -0.05) is 23.4 Å². The minimum Gasteiger partial charge on any atom is -0.393 e. The van der Waals surface area contributed by atoms with Crippen LogP contribution in [0, 0.1) is 0 Å². The molecule has 1 aromatic heterocycles. The van der Waals surface area contributed by atoms with E-state index in [1.54, 1.807) is 4.68 Å². The predicted molar refractivity (Wildman–Crippen MR) is 89.7 cm³/mol. The third kappa shape index (κ3) is 4.11. The van der Waals surface area contributed by atoms with Crippen molar-refractivity contribution in [2.24, 2.45) is 0 Å². The zero-order chi connectivity index (χ0) is 16.9. The third-order valence-electron chi connectivity index (χ3n) is 4.36. The molecule has 2 amide bonds. The van der Waals surface area contributed by atoms with E-state index in [9.17, 15) is 9.90 Å². The molecule has 2 aromatic rings. The zero-order valence-electron chi connectivity index (χ0n) is 13.7. The number of benzene rings is 1. The summed E-state index contributed by atoms with van der Waals surface area (Å²) in [7, 11) is 0. The lowest BCUT2D eigenvalue weighted by molar-refractivity contribution is 0.117. The Morgan fingerprint density at radius 3 is 2.67 bits per heavy atom. The summed E-state index contributed by atoms with van der Waals surface area (Å²) in [5, 5.41) is 23.6. The molecule has 128 valence electrons. The SMILES string of the molecule is CC(NC(=O)NC1CCC(O)CC1)c1cn(-c2ccccc2)nn1. The van der Waals surface area contributed by atoms with Crippen molar-refractivity contribution in [2.75, 3.05) is 0 Å². The number of amides is 2. The highest BCUT2D eigenvalue weighted by molar-refractivity contribution is 5.74. The molecule has 7 heteroatoms. The molecule has 24 heavy (non-hydrogen) atoms. The summed E-state index contributed by atoms with van der Waals surface area (Å²) in [6, 6.07) is 9.39. The number of para-hydroxylation sites is 1. The number of aliphatic hydroxyl groups is 1. The highest BCUT2D eigenvalue weighted by Gasteiger charge is 2.22. The van der Waals surface area contributed by atoms with Gasteiger partial charge in [0.15, 0.2) is 0 Å². The summed E-state index contributed by atoms with van der Waals surface area (Å²) >= 11 is 0. The second-order valence-corrected chi connectivity index (χ2v) is 6.27. The van der Waals surface area contributed by atoms with Gasteiger partial charge in [-0.25, -0.2) is 9.48 Å². The fraction of sp³-hybridized carbons (Fsp3) is 0.471. The van der Waals surface area contributed by atoms with E-state index < -0.39 is 0 Å². The van der Waals surface area contributed by atoms with Crippen LogP contribution in [-0.2, 0) is 0 Å². The van der Waals surface area contributed by atoms with Crippen LogP contribution in [0.4, 0.5) is 4.79 Å². The number of hydrogen-bond donors (Lipinski definition) is 3. The molecule has 1 unspecified atom stereocenters. The molecule has 1 aliphatic rings. The Hall–Kier alpha value is -2.41. The first-order valence-corrected chi connectivity index (χ1v) is 8.34. The van der Waals surface area contributed by atoms with Gasteiger partial charge < -0.3 is 15.7 Å². The molecule has 0 saturated heterocycles. The van der Waals surface area contributed by atoms with Gasteiger partial charge in [0.05, 0.1) is 24.0 Å². The predicted octanol–water partition coefficient (Wildman–Crippen LogP) is 1.93. The number of carbonyl (C=O) groups is 1. The highest BCUT2D eigenvalue weighted by atomic mass is 16.3. The van der Waals surface area contributed by atoms with Crippen molar-refractivity contribution in [3.05, 3.63) is 42.2 Å². The van der Waals surface area contributed by atoms with Crippen LogP contribution in [0.25, 0.3) is 5.69 Å². The summed E-state index contributed by atoms with van der Waals surface area (Å²) in [5.74, 6) is 0. The van der Waals surface area contributed by atoms with Gasteiger partial charge in [0.1, 0.15) is 5.69 Å². The molecule has 3 N–H and O–H groups in total. The third-order valence-corrected chi connectivity index (χ3v) is 4.36. The Morgan fingerprint density at radius 1 is 1.25 bits per heavy atom. The van der Waals surface area contributed by atoms with Crippen molar-refractivity contribution in [3.63, 3.8) is 0 Å². The molecule has 7 nitrogen and oxygen atoms in total. The fourth-order valence-corrected chi connectivity index (χ4v) is 2.90. The van der Waals surface area contributed by atoms with Crippen LogP contribution in [0.5, 0.6) is 0 Å². The molecule has 0 bridgehead atoms. The number of urea groups is 1. The maximum atomic E-state index is 12.1. The number of aliphatic hydroxyl groups excluding tert-OH is 1. The highest BCUT2D eigenvalue weighted by Crippen LogP contribution is 2.18. The minimum absolute atomic E-state index is 0.126. The molecule has 0 aliphatic heterocycles. The number of nitrogens with zero attached hydrogens (tertiary/aromatic N) is 3. The number of nitrogens with one attached hydrogen (secondary N) is 2. The van der Waals surface area contributed by atoms with Gasteiger partial charge in [0.2, 0.25) is 0 Å². The van der Waals surface area contributed by atoms with Gasteiger partial charge in [-0.05, 0) is 44.7 Å². The molecule has 1 saturated carbocycles. The topological polar surface area (TPSA) is 92.1 Å². The molecule has 0 radical (unpaired) electrons. The lowest BCUT2D eigenvalue weighted by atomic mass is 9.93. The van der Waals surface area contributed by atoms with E-state index in [1.807, 2.05) is 43.5 Å². The maximum Gasteiger partial charge on any atom is 0.315 e. The maximum absolute atomic E-state index is 12.1. The van der Waals surface area contributed by atoms with Crippen molar-refractivity contribution >= 4 is 6.03 Å². The van der Waals surface area contributed by atoms with Crippen LogP contribution in [-0.4, -0.2) is 38.3 Å². The van der Waals surface area contributed by atoms with Crippen molar-refractivity contribution < 1.29 is 9.90 Å². The smallest absolute Gasteiger partial charge is 0.315 e. The standard InChI is InChI=1S/C17H23N5O2/c1-12(18-17(24)19-13-7-9-15(23)10-8-13)16-11-22(21-20-16)14-5-3-2-4-6-14/h2-6,11-13,15,23H,7-10H2,1H3,(H2,18,19,24). The first kappa shape index (κ1) is 16.4. The molecule has 1 atom stereocenters. The molecule has 1 aliphatic carbocycles. The van der Waals surface area contributed by atoms with Gasteiger partial charge in [-0.3, -0.25) is 0 Å². The average molecular weight is 329 g/mol. The van der Waals surface area contributed by atoms with E-state index in [4.69, 9.17) is 0 Å². The van der Waals surface area contributed by atoms with Crippen LogP contribution in [0.15, 0.2) is 36.5 Å². The first-order valence-electron chi connectivity index (χ1n) is 8.34. The van der Waals surface area contributed by atoms with E-state index in [-0.39, 0.29) is 24.2 Å². The van der Waals surface area contributed by atoms with E-state index in [1.165, 1.54) is 0 Å². The van der Waals surface area contributed by atoms with Gasteiger partial charge in [-0.2, -0.15) is 0 Å². The summed E-state index contributed by atoms with van der Waals surface area (Å²) < 4.78 is 1.69. The van der Waals surface area contributed by atoms with E-state index in [2.05, 4.69) is 20.9 Å². The summed E-state index contributed by atoms with van der Waals surface area (Å²) in [5.41, 5.74) is 1.63. The molecule has 3 rings (SSSR count). The quantitative estimate of drug-likeness (QED) is 0.799. The Morgan fingerprint density at radius 2 is 1.96 bits per heavy atom.